The van der Waals surface area contributed by atoms with Gasteiger partial charge in [-0.25, -0.2) is 14.0 Å². The summed E-state index contributed by atoms with van der Waals surface area (Å²) in [5, 5.41) is 8.36. The third-order valence-corrected chi connectivity index (χ3v) is 6.22. The molecule has 4 rings (SSSR count). The molecule has 9 nitrogen and oxygen atoms in total. The summed E-state index contributed by atoms with van der Waals surface area (Å²) in [6, 6.07) is 16.3. The second-order valence-electron chi connectivity index (χ2n) is 8.78. The van der Waals surface area contributed by atoms with Crippen molar-refractivity contribution >= 4 is 34.8 Å². The first-order valence-electron chi connectivity index (χ1n) is 12.4. The number of carbonyl (C=O) groups is 2. The molecule has 1 heterocycles. The average Bonchev–Trinajstić information content (AvgIpc) is 2.92. The molecule has 1 aliphatic heterocycles. The summed E-state index contributed by atoms with van der Waals surface area (Å²) in [4.78, 5) is 29.2. The van der Waals surface area contributed by atoms with Gasteiger partial charge in [0.1, 0.15) is 17.3 Å². The first-order chi connectivity index (χ1) is 18.4. The molecule has 0 aliphatic carbocycles. The van der Waals surface area contributed by atoms with Gasteiger partial charge in [0.15, 0.2) is 0 Å². The molecule has 0 bridgehead atoms. The summed E-state index contributed by atoms with van der Waals surface area (Å²) in [5.41, 5.74) is 3.53. The minimum Gasteiger partial charge on any atom is -0.497 e. The Labute approximate surface area is 221 Å². The molecule has 3 aromatic carbocycles. The molecule has 1 fully saturated rings. The largest absolute Gasteiger partial charge is 0.497 e. The van der Waals surface area contributed by atoms with Gasteiger partial charge in [0.2, 0.25) is 0 Å². The molecule has 4 amide bonds. The number of carbonyl (C=O) groups excluding carboxylic acids is 2. The van der Waals surface area contributed by atoms with Crippen molar-refractivity contribution in [3.63, 3.8) is 0 Å². The number of nitrogens with zero attached hydrogens (tertiary/aromatic N) is 2. The monoisotopic (exact) mass is 521 g/mol. The van der Waals surface area contributed by atoms with Crippen LogP contribution in [0, 0.1) is 12.7 Å². The van der Waals surface area contributed by atoms with Crippen molar-refractivity contribution in [1.29, 1.82) is 0 Å². The molecule has 0 aromatic heterocycles. The molecular formula is C28H32FN5O4. The Bertz CT molecular complexity index is 1280. The van der Waals surface area contributed by atoms with Crippen molar-refractivity contribution in [3.05, 3.63) is 72.0 Å². The van der Waals surface area contributed by atoms with Crippen molar-refractivity contribution in [2.24, 2.45) is 0 Å². The third-order valence-electron chi connectivity index (χ3n) is 6.22. The highest BCUT2D eigenvalue weighted by Gasteiger charge is 2.22. The highest BCUT2D eigenvalue weighted by atomic mass is 19.1. The number of ether oxygens (including phenoxy) is 2. The van der Waals surface area contributed by atoms with Crippen molar-refractivity contribution in [2.45, 2.75) is 13.8 Å². The number of benzene rings is 3. The van der Waals surface area contributed by atoms with Gasteiger partial charge in [-0.1, -0.05) is 0 Å². The van der Waals surface area contributed by atoms with Gasteiger partial charge >= 0.3 is 12.1 Å². The Balaban J connectivity index is 1.28. The minimum atomic E-state index is -0.504. The van der Waals surface area contributed by atoms with Crippen molar-refractivity contribution in [3.8, 4) is 11.5 Å². The molecule has 200 valence electrons. The van der Waals surface area contributed by atoms with Crippen LogP contribution in [0.2, 0.25) is 0 Å². The number of hydrogen-bond donors (Lipinski definition) is 3. The zero-order valence-corrected chi connectivity index (χ0v) is 21.7. The minimum absolute atomic E-state index is 0.130. The van der Waals surface area contributed by atoms with Gasteiger partial charge < -0.3 is 35.2 Å². The fourth-order valence-corrected chi connectivity index (χ4v) is 4.19. The van der Waals surface area contributed by atoms with E-state index in [2.05, 4.69) is 20.9 Å². The van der Waals surface area contributed by atoms with E-state index in [0.29, 0.717) is 44.2 Å². The van der Waals surface area contributed by atoms with E-state index in [1.165, 1.54) is 18.2 Å². The number of urea groups is 2. The van der Waals surface area contributed by atoms with Gasteiger partial charge in [-0.05, 0) is 74.0 Å². The Hall–Kier alpha value is -4.47. The van der Waals surface area contributed by atoms with E-state index in [9.17, 15) is 14.0 Å². The van der Waals surface area contributed by atoms with Crippen LogP contribution < -0.4 is 30.3 Å². The molecule has 0 unspecified atom stereocenters. The number of aryl methyl sites for hydroxylation is 1. The van der Waals surface area contributed by atoms with Crippen molar-refractivity contribution < 1.29 is 23.5 Å². The normalized spacial score (nSPS) is 13.1. The zero-order chi connectivity index (χ0) is 27.1. The van der Waals surface area contributed by atoms with E-state index in [0.717, 1.165) is 22.7 Å². The van der Waals surface area contributed by atoms with E-state index in [-0.39, 0.29) is 11.7 Å². The Morgan fingerprint density at radius 1 is 0.895 bits per heavy atom. The molecule has 0 saturated carbocycles. The lowest BCUT2D eigenvalue weighted by Gasteiger charge is -2.36. The van der Waals surface area contributed by atoms with Crippen LogP contribution in [0.25, 0.3) is 0 Å². The predicted octanol–water partition coefficient (Wildman–Crippen LogP) is 5.54. The van der Waals surface area contributed by atoms with Crippen molar-refractivity contribution in [1.82, 2.24) is 4.90 Å². The van der Waals surface area contributed by atoms with E-state index >= 15 is 0 Å². The van der Waals surface area contributed by atoms with Gasteiger partial charge in [-0.2, -0.15) is 0 Å². The van der Waals surface area contributed by atoms with Crippen LogP contribution in [0.5, 0.6) is 11.5 Å². The third kappa shape index (κ3) is 6.64. The summed E-state index contributed by atoms with van der Waals surface area (Å²) >= 11 is 0. The topological polar surface area (TPSA) is 95.2 Å². The second kappa shape index (κ2) is 12.2. The lowest BCUT2D eigenvalue weighted by molar-refractivity contribution is 0.208. The molecule has 0 radical (unpaired) electrons. The molecular weight excluding hydrogens is 489 g/mol. The number of halogens is 1. The molecule has 10 heteroatoms. The smallest absolute Gasteiger partial charge is 0.323 e. The van der Waals surface area contributed by atoms with Crippen LogP contribution in [0.3, 0.4) is 0 Å². The molecule has 38 heavy (non-hydrogen) atoms. The van der Waals surface area contributed by atoms with Gasteiger partial charge in [0, 0.05) is 49.3 Å². The van der Waals surface area contributed by atoms with E-state index in [4.69, 9.17) is 9.47 Å². The molecule has 0 spiro atoms. The number of piperazine rings is 1. The van der Waals surface area contributed by atoms with E-state index < -0.39 is 11.8 Å². The van der Waals surface area contributed by atoms with Crippen molar-refractivity contribution in [2.75, 3.05) is 60.7 Å². The molecule has 1 aliphatic rings. The standard InChI is InChI=1S/C28H32FN5O4/c1-4-38-26-12-5-20(29)18-25(26)31-27(35)30-21-6-8-22(9-7-21)33-13-15-34(16-14-33)28(36)32-24-11-10-23(37-3)17-19(24)2/h5-12,17-18H,4,13-16H2,1-3H3,(H,32,36)(H2,30,31,35). The number of anilines is 4. The Morgan fingerprint density at radius 2 is 1.63 bits per heavy atom. The van der Waals surface area contributed by atoms with Gasteiger partial charge in [0.05, 0.1) is 19.4 Å². The maximum Gasteiger partial charge on any atom is 0.323 e. The van der Waals surface area contributed by atoms with E-state index in [1.807, 2.05) is 44.2 Å². The van der Waals surface area contributed by atoms with Crippen LogP contribution in [0.15, 0.2) is 60.7 Å². The highest BCUT2D eigenvalue weighted by Crippen LogP contribution is 2.26. The first kappa shape index (κ1) is 26.6. The van der Waals surface area contributed by atoms with Gasteiger partial charge in [-0.15, -0.1) is 0 Å². The lowest BCUT2D eigenvalue weighted by Crippen LogP contribution is -2.50. The van der Waals surface area contributed by atoms with Gasteiger partial charge in [0.25, 0.3) is 0 Å². The van der Waals surface area contributed by atoms with Crippen LogP contribution in [0.1, 0.15) is 12.5 Å². The molecule has 1 saturated heterocycles. The van der Waals surface area contributed by atoms with Crippen LogP contribution in [-0.4, -0.2) is 56.9 Å². The van der Waals surface area contributed by atoms with E-state index in [1.54, 1.807) is 24.1 Å². The number of rotatable bonds is 7. The summed E-state index contributed by atoms with van der Waals surface area (Å²) in [7, 11) is 1.61. The quantitative estimate of drug-likeness (QED) is 0.380. The lowest BCUT2D eigenvalue weighted by atomic mass is 10.2. The summed E-state index contributed by atoms with van der Waals surface area (Å²) in [5.74, 6) is 0.672. The summed E-state index contributed by atoms with van der Waals surface area (Å²) in [6.07, 6.45) is 0. The molecule has 3 N–H and O–H groups in total. The Kier molecular flexibility index (Phi) is 8.52. The molecule has 0 atom stereocenters. The molecule has 3 aromatic rings. The van der Waals surface area contributed by atoms with Crippen LogP contribution >= 0.6 is 0 Å². The fourth-order valence-electron chi connectivity index (χ4n) is 4.19. The number of methoxy groups -OCH3 is 1. The summed E-state index contributed by atoms with van der Waals surface area (Å²) < 4.78 is 24.3. The van der Waals surface area contributed by atoms with Gasteiger partial charge in [-0.3, -0.25) is 0 Å². The predicted molar refractivity (Wildman–Crippen MR) is 147 cm³/mol. The SMILES string of the molecule is CCOc1ccc(F)cc1NC(=O)Nc1ccc(N2CCN(C(=O)Nc3ccc(OC)cc3C)CC2)cc1. The van der Waals surface area contributed by atoms with Crippen LogP contribution in [0.4, 0.5) is 36.7 Å². The highest BCUT2D eigenvalue weighted by molar-refractivity contribution is 6.00. The zero-order valence-electron chi connectivity index (χ0n) is 21.7. The summed E-state index contributed by atoms with van der Waals surface area (Å²) in [6.45, 7) is 6.66. The number of nitrogens with one attached hydrogen (secondary N) is 3. The first-order valence-corrected chi connectivity index (χ1v) is 12.4. The Morgan fingerprint density at radius 3 is 2.29 bits per heavy atom. The second-order valence-corrected chi connectivity index (χ2v) is 8.78. The maximum atomic E-state index is 13.6. The maximum absolute atomic E-state index is 13.6. The number of amides is 4. The average molecular weight is 522 g/mol. The fraction of sp³-hybridized carbons (Fsp3) is 0.286. The number of hydrogen-bond acceptors (Lipinski definition) is 5. The van der Waals surface area contributed by atoms with Crippen LogP contribution in [-0.2, 0) is 0 Å².